The minimum atomic E-state index is -0.394. The highest BCUT2D eigenvalue weighted by molar-refractivity contribution is 5.75. The predicted molar refractivity (Wildman–Crippen MR) is 144 cm³/mol. The molecule has 0 spiro atoms. The van der Waals surface area contributed by atoms with Gasteiger partial charge in [0.2, 0.25) is 0 Å². The Labute approximate surface area is 215 Å². The highest BCUT2D eigenvalue weighted by atomic mass is 17.2. The van der Waals surface area contributed by atoms with E-state index in [-0.39, 0.29) is 11.8 Å². The molecule has 4 nitrogen and oxygen atoms in total. The second-order valence-electron chi connectivity index (χ2n) is 11.0. The Morgan fingerprint density at radius 1 is 0.600 bits per heavy atom. The molecule has 0 radical (unpaired) electrons. The zero-order chi connectivity index (χ0) is 25.5. The number of allylic oxidation sites excluding steroid dienone is 4. The van der Waals surface area contributed by atoms with Gasteiger partial charge >= 0.3 is 11.9 Å². The third kappa shape index (κ3) is 10.9. The summed E-state index contributed by atoms with van der Waals surface area (Å²) in [6.07, 6.45) is 21.2. The molecule has 0 aliphatic heterocycles. The van der Waals surface area contributed by atoms with Crippen LogP contribution in [-0.4, -0.2) is 11.9 Å². The summed E-state index contributed by atoms with van der Waals surface area (Å²) in [7, 11) is 0. The molecule has 0 fully saturated rings. The van der Waals surface area contributed by atoms with E-state index < -0.39 is 11.9 Å². The van der Waals surface area contributed by atoms with Gasteiger partial charge in [-0.25, -0.2) is 19.4 Å². The molecule has 4 heteroatoms. The van der Waals surface area contributed by atoms with Crippen LogP contribution in [0.15, 0.2) is 22.3 Å². The Balaban J connectivity index is 1.82. The lowest BCUT2D eigenvalue weighted by Gasteiger charge is -2.19. The van der Waals surface area contributed by atoms with Crippen LogP contribution in [0, 0.1) is 11.8 Å². The van der Waals surface area contributed by atoms with Crippen molar-refractivity contribution in [3.63, 3.8) is 0 Å². The van der Waals surface area contributed by atoms with Gasteiger partial charge in [-0.15, -0.1) is 0 Å². The van der Waals surface area contributed by atoms with E-state index in [9.17, 15) is 9.59 Å². The van der Waals surface area contributed by atoms with Crippen molar-refractivity contribution in [3.05, 3.63) is 22.3 Å². The fourth-order valence-electron chi connectivity index (χ4n) is 5.69. The Hall–Kier alpha value is -1.58. The van der Waals surface area contributed by atoms with E-state index in [1.54, 1.807) is 0 Å². The lowest BCUT2D eigenvalue weighted by atomic mass is 9.89. The second kappa shape index (κ2) is 17.0. The Morgan fingerprint density at radius 2 is 0.943 bits per heavy atom. The second-order valence-corrected chi connectivity index (χ2v) is 11.0. The molecular weight excluding hydrogens is 436 g/mol. The molecule has 0 aromatic heterocycles. The summed E-state index contributed by atoms with van der Waals surface area (Å²) in [4.78, 5) is 35.6. The monoisotopic (exact) mass is 488 g/mol. The van der Waals surface area contributed by atoms with Gasteiger partial charge in [-0.3, -0.25) is 0 Å². The van der Waals surface area contributed by atoms with Gasteiger partial charge < -0.3 is 0 Å². The van der Waals surface area contributed by atoms with E-state index >= 15 is 0 Å². The highest BCUT2D eigenvalue weighted by Gasteiger charge is 2.25. The summed E-state index contributed by atoms with van der Waals surface area (Å²) < 4.78 is 0. The van der Waals surface area contributed by atoms with E-state index in [1.807, 2.05) is 13.8 Å². The molecular formula is C31H52O4. The Morgan fingerprint density at radius 3 is 1.31 bits per heavy atom. The average molecular weight is 489 g/mol. The van der Waals surface area contributed by atoms with Crippen LogP contribution in [-0.2, 0) is 19.4 Å². The van der Waals surface area contributed by atoms with E-state index in [0.717, 1.165) is 38.5 Å². The summed E-state index contributed by atoms with van der Waals surface area (Å²) in [5.41, 5.74) is 6.07. The predicted octanol–water partition coefficient (Wildman–Crippen LogP) is 9.33. The molecule has 0 saturated carbocycles. The molecule has 0 saturated heterocycles. The lowest BCUT2D eigenvalue weighted by Crippen LogP contribution is -2.23. The quantitative estimate of drug-likeness (QED) is 0.175. The minimum absolute atomic E-state index is 0.222. The van der Waals surface area contributed by atoms with Crippen molar-refractivity contribution in [2.24, 2.45) is 11.8 Å². The Kier molecular flexibility index (Phi) is 14.4. The number of hydrogen-bond acceptors (Lipinski definition) is 4. The fraction of sp³-hybridized carbons (Fsp3) is 0.806. The molecule has 2 atom stereocenters. The average Bonchev–Trinajstić information content (AvgIpc) is 2.94. The van der Waals surface area contributed by atoms with Crippen LogP contribution >= 0.6 is 0 Å². The smallest absolute Gasteiger partial charge is 0.247 e. The summed E-state index contributed by atoms with van der Waals surface area (Å²) in [6.45, 7) is 8.54. The van der Waals surface area contributed by atoms with Gasteiger partial charge in [-0.2, -0.15) is 0 Å². The fourth-order valence-corrected chi connectivity index (χ4v) is 5.69. The van der Waals surface area contributed by atoms with Crippen molar-refractivity contribution in [3.8, 4) is 0 Å². The molecule has 0 amide bonds. The van der Waals surface area contributed by atoms with Crippen molar-refractivity contribution < 1.29 is 19.4 Å². The zero-order valence-electron chi connectivity index (χ0n) is 23.2. The van der Waals surface area contributed by atoms with Crippen molar-refractivity contribution in [2.45, 2.75) is 150 Å². The first kappa shape index (κ1) is 29.6. The molecule has 2 rings (SSSR count). The Bertz CT molecular complexity index is 717. The normalized spacial score (nSPS) is 24.2. The van der Waals surface area contributed by atoms with Crippen molar-refractivity contribution in [1.29, 1.82) is 0 Å². The molecule has 2 unspecified atom stereocenters. The number of carbonyl (C=O) groups is 2. The van der Waals surface area contributed by atoms with Crippen LogP contribution in [0.5, 0.6) is 0 Å². The highest BCUT2D eigenvalue weighted by Crippen LogP contribution is 2.29. The number of carbonyl (C=O) groups excluding carboxylic acids is 2. The molecule has 2 aliphatic rings. The van der Waals surface area contributed by atoms with Crippen molar-refractivity contribution in [1.82, 2.24) is 0 Å². The first-order valence-electron chi connectivity index (χ1n) is 14.7. The lowest BCUT2D eigenvalue weighted by molar-refractivity contribution is -0.265. The first-order chi connectivity index (χ1) is 17.0. The maximum absolute atomic E-state index is 12.7. The van der Waals surface area contributed by atoms with Crippen LogP contribution in [0.25, 0.3) is 0 Å². The van der Waals surface area contributed by atoms with Crippen molar-refractivity contribution in [2.75, 3.05) is 0 Å². The van der Waals surface area contributed by atoms with Gasteiger partial charge in [0.05, 0.1) is 11.8 Å². The molecule has 2 aliphatic carbocycles. The van der Waals surface area contributed by atoms with Crippen LogP contribution < -0.4 is 0 Å². The molecule has 35 heavy (non-hydrogen) atoms. The SMILES string of the molecule is CCC(CC/C1=C(\C)CCCCCCC1)C(=O)OOC(=O)C(CC)CC/C1=C(\C)CCCCCC1. The summed E-state index contributed by atoms with van der Waals surface area (Å²) in [5, 5.41) is 0. The maximum atomic E-state index is 12.7. The summed E-state index contributed by atoms with van der Waals surface area (Å²) in [5.74, 6) is -1.23. The molecule has 0 heterocycles. The number of rotatable bonds is 10. The molecule has 200 valence electrons. The van der Waals surface area contributed by atoms with Crippen LogP contribution in [0.1, 0.15) is 150 Å². The van der Waals surface area contributed by atoms with Crippen LogP contribution in [0.2, 0.25) is 0 Å². The summed E-state index contributed by atoms with van der Waals surface area (Å²) >= 11 is 0. The van der Waals surface area contributed by atoms with Gasteiger partial charge in [-0.1, -0.05) is 68.2 Å². The molecule has 0 bridgehead atoms. The van der Waals surface area contributed by atoms with E-state index in [1.165, 1.54) is 92.9 Å². The van der Waals surface area contributed by atoms with Gasteiger partial charge in [0, 0.05) is 0 Å². The van der Waals surface area contributed by atoms with Gasteiger partial charge in [0.15, 0.2) is 0 Å². The molecule has 0 N–H and O–H groups in total. The maximum Gasteiger partial charge on any atom is 0.358 e. The summed E-state index contributed by atoms with van der Waals surface area (Å²) in [6, 6.07) is 0. The molecule has 0 aromatic carbocycles. The third-order valence-electron chi connectivity index (χ3n) is 8.47. The van der Waals surface area contributed by atoms with Crippen LogP contribution in [0.3, 0.4) is 0 Å². The van der Waals surface area contributed by atoms with E-state index in [2.05, 4.69) is 13.8 Å². The van der Waals surface area contributed by atoms with Gasteiger partial charge in [-0.05, 0) is 104 Å². The number of hydrogen-bond donors (Lipinski definition) is 0. The largest absolute Gasteiger partial charge is 0.358 e. The first-order valence-corrected chi connectivity index (χ1v) is 14.7. The van der Waals surface area contributed by atoms with Gasteiger partial charge in [0.25, 0.3) is 0 Å². The van der Waals surface area contributed by atoms with Crippen LogP contribution in [0.4, 0.5) is 0 Å². The third-order valence-corrected chi connectivity index (χ3v) is 8.47. The van der Waals surface area contributed by atoms with E-state index in [4.69, 9.17) is 9.78 Å². The van der Waals surface area contributed by atoms with Gasteiger partial charge in [0.1, 0.15) is 0 Å². The minimum Gasteiger partial charge on any atom is -0.247 e. The van der Waals surface area contributed by atoms with Crippen molar-refractivity contribution >= 4 is 11.9 Å². The standard InChI is InChI=1S/C31H52O4/c1-5-26(20-22-28-18-14-9-7-8-12-16-24(28)3)30(32)34-35-31(33)27(6-2)21-23-29-19-15-11-10-13-17-25(29)4/h26-27H,5-23H2,1-4H3/b28-24+,29-25+. The topological polar surface area (TPSA) is 52.6 Å². The molecule has 0 aromatic rings. The van der Waals surface area contributed by atoms with E-state index in [0.29, 0.717) is 12.8 Å². The zero-order valence-corrected chi connectivity index (χ0v) is 23.2.